The number of hydrogen-bond acceptors (Lipinski definition) is 4. The van der Waals surface area contributed by atoms with Crippen molar-refractivity contribution in [2.75, 3.05) is 42.9 Å². The fraction of sp³-hybridized carbons (Fsp3) is 0.278. The van der Waals surface area contributed by atoms with Gasteiger partial charge in [0.05, 0.1) is 31.1 Å². The quantitative estimate of drug-likeness (QED) is 0.627. The number of anilines is 2. The van der Waals surface area contributed by atoms with Crippen LogP contribution in [0.15, 0.2) is 54.6 Å². The molecule has 2 N–H and O–H groups in total. The van der Waals surface area contributed by atoms with Crippen molar-refractivity contribution in [3.63, 3.8) is 0 Å². The Morgan fingerprint density at radius 2 is 1.72 bits per heavy atom. The number of nitrogens with zero attached hydrogens (tertiary/aromatic N) is 2. The minimum Gasteiger partial charge on any atom is -0.360 e. The summed E-state index contributed by atoms with van der Waals surface area (Å²) in [6, 6.07) is 16.1. The van der Waals surface area contributed by atoms with Crippen LogP contribution >= 0.6 is 0 Å². The molecule has 0 aliphatic carbocycles. The van der Waals surface area contributed by atoms with Crippen molar-refractivity contribution in [1.29, 1.82) is 0 Å². The molecule has 0 radical (unpaired) electrons. The number of carbonyl (C=O) groups excluding carboxylic acids is 1. The number of nitro groups is 1. The van der Waals surface area contributed by atoms with Gasteiger partial charge in [0.2, 0.25) is 0 Å². The number of nitro benzene ring substituents is 1. The zero-order valence-electron chi connectivity index (χ0n) is 13.9. The molecule has 130 valence electrons. The number of rotatable bonds is 5. The average molecular weight is 341 g/mol. The Labute approximate surface area is 146 Å². The van der Waals surface area contributed by atoms with Crippen LogP contribution in [0.1, 0.15) is 0 Å². The lowest BCUT2D eigenvalue weighted by Gasteiger charge is -2.33. The predicted molar refractivity (Wildman–Crippen MR) is 95.9 cm³/mol. The van der Waals surface area contributed by atoms with Gasteiger partial charge >= 0.3 is 0 Å². The van der Waals surface area contributed by atoms with E-state index in [1.807, 2.05) is 30.3 Å². The van der Waals surface area contributed by atoms with E-state index in [4.69, 9.17) is 0 Å². The molecule has 1 aliphatic heterocycles. The average Bonchev–Trinajstić information content (AvgIpc) is 2.63. The second-order valence-electron chi connectivity index (χ2n) is 6.10. The van der Waals surface area contributed by atoms with Crippen LogP contribution in [0, 0.1) is 10.1 Å². The van der Waals surface area contributed by atoms with Gasteiger partial charge in [-0.2, -0.15) is 0 Å². The first-order chi connectivity index (χ1) is 12.1. The fourth-order valence-electron chi connectivity index (χ4n) is 3.00. The largest absolute Gasteiger partial charge is 0.360 e. The van der Waals surface area contributed by atoms with Crippen molar-refractivity contribution in [1.82, 2.24) is 0 Å². The van der Waals surface area contributed by atoms with E-state index in [1.165, 1.54) is 17.0 Å². The number of nitrogens with one attached hydrogen (secondary N) is 2. The van der Waals surface area contributed by atoms with E-state index in [1.54, 1.807) is 12.1 Å². The van der Waals surface area contributed by atoms with Gasteiger partial charge < -0.3 is 15.1 Å². The monoisotopic (exact) mass is 341 g/mol. The summed E-state index contributed by atoms with van der Waals surface area (Å²) in [5.41, 5.74) is 1.90. The van der Waals surface area contributed by atoms with Gasteiger partial charge in [0.25, 0.3) is 11.6 Å². The molecular formula is C18H21N4O3+. The normalized spacial score (nSPS) is 15.0. The summed E-state index contributed by atoms with van der Waals surface area (Å²) in [7, 11) is 0. The van der Waals surface area contributed by atoms with Crippen LogP contribution in [0.25, 0.3) is 0 Å². The van der Waals surface area contributed by atoms with Gasteiger partial charge in [0.1, 0.15) is 0 Å². The van der Waals surface area contributed by atoms with Gasteiger partial charge in [0, 0.05) is 23.5 Å². The highest BCUT2D eigenvalue weighted by Crippen LogP contribution is 2.19. The summed E-state index contributed by atoms with van der Waals surface area (Å²) >= 11 is 0. The molecule has 2 aromatic rings. The van der Waals surface area contributed by atoms with Crippen molar-refractivity contribution in [3.05, 3.63) is 64.7 Å². The van der Waals surface area contributed by atoms with Crippen LogP contribution in [0.5, 0.6) is 0 Å². The maximum Gasteiger partial charge on any atom is 0.279 e. The van der Waals surface area contributed by atoms with Crippen molar-refractivity contribution in [2.24, 2.45) is 0 Å². The molecule has 7 nitrogen and oxygen atoms in total. The lowest BCUT2D eigenvalue weighted by molar-refractivity contribution is -0.892. The predicted octanol–water partition coefficient (Wildman–Crippen LogP) is 0.938. The second-order valence-corrected chi connectivity index (χ2v) is 6.10. The number of quaternary nitrogens is 1. The lowest BCUT2D eigenvalue weighted by atomic mass is 10.2. The molecule has 2 aromatic carbocycles. The Kier molecular flexibility index (Phi) is 5.25. The number of amides is 1. The molecule has 0 aromatic heterocycles. The van der Waals surface area contributed by atoms with E-state index < -0.39 is 4.92 Å². The van der Waals surface area contributed by atoms with E-state index in [9.17, 15) is 14.9 Å². The summed E-state index contributed by atoms with van der Waals surface area (Å²) in [4.78, 5) is 25.9. The van der Waals surface area contributed by atoms with Crippen molar-refractivity contribution < 1.29 is 14.6 Å². The van der Waals surface area contributed by atoms with Gasteiger partial charge in [-0.25, -0.2) is 0 Å². The summed E-state index contributed by atoms with van der Waals surface area (Å²) < 4.78 is 0. The molecule has 0 atom stereocenters. The number of para-hydroxylation sites is 1. The first-order valence-electron chi connectivity index (χ1n) is 8.30. The van der Waals surface area contributed by atoms with Crippen LogP contribution in [-0.2, 0) is 4.79 Å². The van der Waals surface area contributed by atoms with E-state index in [2.05, 4.69) is 10.2 Å². The maximum absolute atomic E-state index is 12.1. The first-order valence-corrected chi connectivity index (χ1v) is 8.30. The minimum absolute atomic E-state index is 0.0185. The molecule has 1 amide bonds. The van der Waals surface area contributed by atoms with Crippen LogP contribution in [0.3, 0.4) is 0 Å². The highest BCUT2D eigenvalue weighted by molar-refractivity contribution is 5.91. The number of piperazine rings is 1. The fourth-order valence-corrected chi connectivity index (χ4v) is 3.00. The smallest absolute Gasteiger partial charge is 0.279 e. The third kappa shape index (κ3) is 4.54. The molecule has 1 saturated heterocycles. The van der Waals surface area contributed by atoms with E-state index in [-0.39, 0.29) is 11.6 Å². The van der Waals surface area contributed by atoms with Gasteiger partial charge in [-0.05, 0) is 24.3 Å². The molecule has 1 fully saturated rings. The van der Waals surface area contributed by atoms with Gasteiger partial charge in [-0.1, -0.05) is 18.2 Å². The Bertz CT molecular complexity index is 726. The molecule has 0 spiro atoms. The number of benzene rings is 2. The Morgan fingerprint density at radius 3 is 2.32 bits per heavy atom. The van der Waals surface area contributed by atoms with Gasteiger partial charge in [-0.3, -0.25) is 14.9 Å². The summed E-state index contributed by atoms with van der Waals surface area (Å²) in [6.07, 6.45) is 0. The second kappa shape index (κ2) is 7.76. The maximum atomic E-state index is 12.1. The number of carbonyl (C=O) groups is 1. The summed E-state index contributed by atoms with van der Waals surface area (Å²) in [5.74, 6) is 0.0185. The highest BCUT2D eigenvalue weighted by atomic mass is 16.6. The summed E-state index contributed by atoms with van der Waals surface area (Å²) in [6.45, 7) is 3.82. The Morgan fingerprint density at radius 1 is 1.08 bits per heavy atom. The van der Waals surface area contributed by atoms with E-state index in [0.29, 0.717) is 6.54 Å². The molecule has 3 rings (SSSR count). The Balaban J connectivity index is 1.48. The summed E-state index contributed by atoms with van der Waals surface area (Å²) in [5, 5.41) is 13.6. The first kappa shape index (κ1) is 16.9. The zero-order valence-corrected chi connectivity index (χ0v) is 13.9. The SMILES string of the molecule is O=C(C[NH+]1CCN(c2ccc([N+](=O)[O-])cc2)CC1)Nc1ccccc1. The minimum atomic E-state index is -0.392. The standard InChI is InChI=1S/C18H20N4O3/c23-18(19-15-4-2-1-3-5-15)14-20-10-12-21(13-11-20)16-6-8-17(9-7-16)22(24)25/h1-9H,10-14H2,(H,19,23)/p+1. The molecule has 0 unspecified atom stereocenters. The van der Waals surface area contributed by atoms with E-state index in [0.717, 1.165) is 37.6 Å². The van der Waals surface area contributed by atoms with Crippen LogP contribution in [0.2, 0.25) is 0 Å². The Hall–Kier alpha value is -2.93. The van der Waals surface area contributed by atoms with E-state index >= 15 is 0 Å². The molecule has 0 bridgehead atoms. The molecule has 1 heterocycles. The van der Waals surface area contributed by atoms with Crippen molar-refractivity contribution >= 4 is 23.0 Å². The van der Waals surface area contributed by atoms with Crippen molar-refractivity contribution in [3.8, 4) is 0 Å². The molecule has 0 saturated carbocycles. The molecule has 1 aliphatic rings. The third-order valence-electron chi connectivity index (χ3n) is 4.36. The van der Waals surface area contributed by atoms with Gasteiger partial charge in [0.15, 0.2) is 6.54 Å². The van der Waals surface area contributed by atoms with Crippen LogP contribution in [-0.4, -0.2) is 43.6 Å². The number of hydrogen-bond donors (Lipinski definition) is 2. The topological polar surface area (TPSA) is 79.9 Å². The lowest BCUT2D eigenvalue weighted by Crippen LogP contribution is -3.15. The number of non-ortho nitro benzene ring substituents is 1. The van der Waals surface area contributed by atoms with Crippen LogP contribution in [0.4, 0.5) is 17.1 Å². The van der Waals surface area contributed by atoms with Crippen molar-refractivity contribution in [2.45, 2.75) is 0 Å². The molecule has 7 heteroatoms. The van der Waals surface area contributed by atoms with Crippen LogP contribution < -0.4 is 15.1 Å². The highest BCUT2D eigenvalue weighted by Gasteiger charge is 2.22. The zero-order chi connectivity index (χ0) is 17.6. The van der Waals surface area contributed by atoms with Gasteiger partial charge in [-0.15, -0.1) is 0 Å². The molecule has 25 heavy (non-hydrogen) atoms. The molecular weight excluding hydrogens is 320 g/mol. The third-order valence-corrected chi connectivity index (χ3v) is 4.36.